The van der Waals surface area contributed by atoms with Crippen molar-refractivity contribution in [1.29, 1.82) is 0 Å². The van der Waals surface area contributed by atoms with Crippen LogP contribution in [0.3, 0.4) is 0 Å². The third kappa shape index (κ3) is 5.29. The smallest absolute Gasteiger partial charge is 0.214 e. The molecule has 0 bridgehead atoms. The predicted octanol–water partition coefficient (Wildman–Crippen LogP) is 5.23. The van der Waals surface area contributed by atoms with E-state index in [1.807, 2.05) is 64.0 Å². The molecule has 1 aliphatic heterocycles. The minimum Gasteiger partial charge on any atom is -0.473 e. The zero-order valence-corrected chi connectivity index (χ0v) is 20.2. The lowest BCUT2D eigenvalue weighted by Crippen LogP contribution is -2.31. The Balaban J connectivity index is 1.11. The summed E-state index contributed by atoms with van der Waals surface area (Å²) in [6.45, 7) is 1.94. The minimum atomic E-state index is -0.280. The molecular weight excluding hydrogens is 469 g/mol. The van der Waals surface area contributed by atoms with Crippen LogP contribution in [0.2, 0.25) is 0 Å². The Morgan fingerprint density at radius 2 is 1.92 bits per heavy atom. The van der Waals surface area contributed by atoms with Gasteiger partial charge in [-0.3, -0.25) is 0 Å². The number of pyridine rings is 1. The second-order valence-corrected chi connectivity index (χ2v) is 9.05. The summed E-state index contributed by atoms with van der Waals surface area (Å²) in [5, 5.41) is 0. The van der Waals surface area contributed by atoms with Crippen LogP contribution in [0.25, 0.3) is 16.9 Å². The van der Waals surface area contributed by atoms with Crippen molar-refractivity contribution < 1.29 is 13.9 Å². The van der Waals surface area contributed by atoms with Crippen molar-refractivity contribution >= 4 is 0 Å². The molecule has 0 amide bonds. The molecule has 186 valence electrons. The number of ether oxygens (including phenoxy) is 2. The zero-order chi connectivity index (χ0) is 25.0. The molecule has 37 heavy (non-hydrogen) atoms. The van der Waals surface area contributed by atoms with E-state index < -0.39 is 0 Å². The van der Waals surface area contributed by atoms with Gasteiger partial charge in [0.1, 0.15) is 18.2 Å². The number of rotatable bonds is 9. The molecule has 2 aromatic carbocycles. The molecule has 5 aromatic rings. The van der Waals surface area contributed by atoms with Crippen LogP contribution in [0.5, 0.6) is 5.88 Å². The van der Waals surface area contributed by atoms with Crippen molar-refractivity contribution in [1.82, 2.24) is 24.1 Å². The van der Waals surface area contributed by atoms with Gasteiger partial charge in [0.05, 0.1) is 24.7 Å². The van der Waals surface area contributed by atoms with Gasteiger partial charge in [-0.2, -0.15) is 0 Å². The number of benzene rings is 2. The number of hydrogen-bond acceptors (Lipinski definition) is 5. The van der Waals surface area contributed by atoms with Crippen molar-refractivity contribution in [2.45, 2.75) is 32.1 Å². The van der Waals surface area contributed by atoms with Gasteiger partial charge < -0.3 is 18.6 Å². The van der Waals surface area contributed by atoms with Crippen LogP contribution in [0.1, 0.15) is 23.4 Å². The molecular formula is C29H26FN5O2. The molecule has 4 heterocycles. The first-order valence-electron chi connectivity index (χ1n) is 12.3. The number of aromatic nitrogens is 5. The van der Waals surface area contributed by atoms with E-state index in [4.69, 9.17) is 9.47 Å². The molecule has 0 N–H and O–H groups in total. The Morgan fingerprint density at radius 3 is 2.68 bits per heavy atom. The van der Waals surface area contributed by atoms with Crippen molar-refractivity contribution in [3.8, 4) is 22.8 Å². The van der Waals surface area contributed by atoms with E-state index in [0.29, 0.717) is 35.7 Å². The maximum Gasteiger partial charge on any atom is 0.214 e. The molecule has 0 aliphatic carbocycles. The zero-order valence-electron chi connectivity index (χ0n) is 20.2. The fourth-order valence-corrected chi connectivity index (χ4v) is 4.33. The molecule has 0 saturated carbocycles. The highest BCUT2D eigenvalue weighted by molar-refractivity contribution is 5.60. The van der Waals surface area contributed by atoms with Gasteiger partial charge in [0.15, 0.2) is 0 Å². The monoisotopic (exact) mass is 495 g/mol. The van der Waals surface area contributed by atoms with Crippen LogP contribution in [-0.4, -0.2) is 36.8 Å². The van der Waals surface area contributed by atoms with Gasteiger partial charge in [0.2, 0.25) is 5.88 Å². The molecule has 3 aromatic heterocycles. The standard InChI is InChI=1S/C29H26FN5O2/c30-26-16-23(7-6-22(26)17-28-32-12-14-34(28)18-25-10-15-36-25)27-2-1-3-29(33-27)37-19-21-4-8-24(9-5-21)35-13-11-31-20-35/h1-9,11-14,16,20,25H,10,15,17-19H2/t25-/m0/s1. The van der Waals surface area contributed by atoms with Crippen molar-refractivity contribution in [2.24, 2.45) is 0 Å². The molecule has 1 fully saturated rings. The third-order valence-electron chi connectivity index (χ3n) is 6.54. The molecule has 7 nitrogen and oxygen atoms in total. The molecule has 0 unspecified atom stereocenters. The summed E-state index contributed by atoms with van der Waals surface area (Å²) in [6.07, 6.45) is 10.8. The topological polar surface area (TPSA) is 67.0 Å². The summed E-state index contributed by atoms with van der Waals surface area (Å²) in [7, 11) is 0. The van der Waals surface area contributed by atoms with Crippen LogP contribution >= 0.6 is 0 Å². The maximum absolute atomic E-state index is 15.1. The van der Waals surface area contributed by atoms with Gasteiger partial charge in [-0.25, -0.2) is 19.3 Å². The molecule has 1 atom stereocenters. The Labute approximate surface area is 214 Å². The van der Waals surface area contributed by atoms with Crippen molar-refractivity contribution in [2.75, 3.05) is 6.61 Å². The van der Waals surface area contributed by atoms with E-state index in [1.165, 1.54) is 6.07 Å². The average molecular weight is 496 g/mol. The highest BCUT2D eigenvalue weighted by Gasteiger charge is 2.20. The van der Waals surface area contributed by atoms with Crippen LogP contribution in [0.15, 0.2) is 91.8 Å². The first-order chi connectivity index (χ1) is 18.2. The largest absolute Gasteiger partial charge is 0.473 e. The first kappa shape index (κ1) is 23.1. The van der Waals surface area contributed by atoms with Gasteiger partial charge in [-0.15, -0.1) is 0 Å². The number of halogens is 1. The van der Waals surface area contributed by atoms with Crippen molar-refractivity contribution in [3.63, 3.8) is 0 Å². The molecule has 8 heteroatoms. The van der Waals surface area contributed by atoms with Crippen LogP contribution in [-0.2, 0) is 24.3 Å². The van der Waals surface area contributed by atoms with Gasteiger partial charge >= 0.3 is 0 Å². The van der Waals surface area contributed by atoms with Gasteiger partial charge in [-0.1, -0.05) is 30.3 Å². The molecule has 6 rings (SSSR count). The Kier molecular flexibility index (Phi) is 6.47. The van der Waals surface area contributed by atoms with E-state index in [-0.39, 0.29) is 11.9 Å². The Hall–Kier alpha value is -4.30. The maximum atomic E-state index is 15.1. The van der Waals surface area contributed by atoms with E-state index in [2.05, 4.69) is 15.0 Å². The SMILES string of the molecule is Fc1cc(-c2cccc(OCc3ccc(-n4ccnc4)cc3)n2)ccc1Cc1nccn1C[C@@H]1CCO1. The van der Waals surface area contributed by atoms with Crippen LogP contribution < -0.4 is 4.74 Å². The van der Waals surface area contributed by atoms with Crippen LogP contribution in [0.4, 0.5) is 4.39 Å². The minimum absolute atomic E-state index is 0.224. The average Bonchev–Trinajstić information content (AvgIpc) is 3.59. The fraction of sp³-hybridized carbons (Fsp3) is 0.207. The molecule has 0 radical (unpaired) electrons. The second-order valence-electron chi connectivity index (χ2n) is 9.05. The second kappa shape index (κ2) is 10.4. The van der Waals surface area contributed by atoms with Gasteiger partial charge in [0, 0.05) is 55.1 Å². The third-order valence-corrected chi connectivity index (χ3v) is 6.54. The summed E-state index contributed by atoms with van der Waals surface area (Å²) in [5.41, 5.74) is 4.00. The van der Waals surface area contributed by atoms with E-state index >= 15 is 4.39 Å². The predicted molar refractivity (Wildman–Crippen MR) is 137 cm³/mol. The normalized spacial score (nSPS) is 14.9. The Morgan fingerprint density at radius 1 is 1.03 bits per heavy atom. The highest BCUT2D eigenvalue weighted by atomic mass is 19.1. The lowest BCUT2D eigenvalue weighted by Gasteiger charge is -2.27. The number of nitrogens with zero attached hydrogens (tertiary/aromatic N) is 5. The first-order valence-corrected chi connectivity index (χ1v) is 12.3. The quantitative estimate of drug-likeness (QED) is 0.280. The lowest BCUT2D eigenvalue weighted by molar-refractivity contribution is -0.0595. The van der Waals surface area contributed by atoms with Crippen LogP contribution in [0, 0.1) is 5.82 Å². The molecule has 1 aliphatic rings. The summed E-state index contributed by atoms with van der Waals surface area (Å²) in [5.74, 6) is 1.03. The molecule has 0 spiro atoms. The van der Waals surface area contributed by atoms with E-state index in [9.17, 15) is 0 Å². The highest BCUT2D eigenvalue weighted by Crippen LogP contribution is 2.24. The molecule has 1 saturated heterocycles. The Bertz CT molecular complexity index is 1480. The van der Waals surface area contributed by atoms with E-state index in [0.717, 1.165) is 36.6 Å². The summed E-state index contributed by atoms with van der Waals surface area (Å²) < 4.78 is 30.5. The summed E-state index contributed by atoms with van der Waals surface area (Å²) in [6, 6.07) is 18.8. The van der Waals surface area contributed by atoms with Crippen molar-refractivity contribution in [3.05, 3.63) is 115 Å². The van der Waals surface area contributed by atoms with Gasteiger partial charge in [0.25, 0.3) is 0 Å². The fourth-order valence-electron chi connectivity index (χ4n) is 4.33. The number of imidazole rings is 2. The number of hydrogen-bond donors (Lipinski definition) is 0. The summed E-state index contributed by atoms with van der Waals surface area (Å²) >= 11 is 0. The van der Waals surface area contributed by atoms with Gasteiger partial charge in [-0.05, 0) is 41.8 Å². The summed E-state index contributed by atoms with van der Waals surface area (Å²) in [4.78, 5) is 13.1. The lowest BCUT2D eigenvalue weighted by atomic mass is 10.1. The van der Waals surface area contributed by atoms with E-state index in [1.54, 1.807) is 30.9 Å².